The van der Waals surface area contributed by atoms with Crippen LogP contribution in [-0.4, -0.2) is 26.1 Å². The molecule has 0 saturated heterocycles. The Bertz CT molecular complexity index is 947. The number of hydrazone groups is 1. The van der Waals surface area contributed by atoms with E-state index in [1.807, 2.05) is 0 Å². The van der Waals surface area contributed by atoms with E-state index >= 15 is 0 Å². The molecule has 0 fully saturated rings. The van der Waals surface area contributed by atoms with Crippen LogP contribution < -0.4 is 10.6 Å². The number of nitro benzene ring substituents is 1. The van der Waals surface area contributed by atoms with E-state index < -0.39 is 4.92 Å². The summed E-state index contributed by atoms with van der Waals surface area (Å²) in [7, 11) is 3.34. The molecule has 130 valence electrons. The highest BCUT2D eigenvalue weighted by atomic mass is 35.5. The van der Waals surface area contributed by atoms with Crippen LogP contribution in [0, 0.1) is 10.1 Å². The molecule has 0 unspecified atom stereocenters. The first kappa shape index (κ1) is 17.8. The smallest absolute Gasteiger partial charge is 0.266 e. The van der Waals surface area contributed by atoms with Crippen LogP contribution >= 0.6 is 35.1 Å². The van der Waals surface area contributed by atoms with E-state index in [0.29, 0.717) is 25.7 Å². The molecule has 3 rings (SSSR count). The highest BCUT2D eigenvalue weighted by molar-refractivity contribution is 8.38. The highest BCUT2D eigenvalue weighted by Gasteiger charge is 2.22. The third-order valence-corrected chi connectivity index (χ3v) is 6.03. The lowest BCUT2D eigenvalue weighted by molar-refractivity contribution is -0.384. The fraction of sp³-hybridized carbons (Fsp3) is 0.214. The number of benzene rings is 1. The number of rotatable bonds is 3. The van der Waals surface area contributed by atoms with Gasteiger partial charge in [-0.15, -0.1) is 0 Å². The van der Waals surface area contributed by atoms with Crippen molar-refractivity contribution in [2.45, 2.75) is 10.6 Å². The molecule has 1 aromatic carbocycles. The van der Waals surface area contributed by atoms with Crippen molar-refractivity contribution in [1.82, 2.24) is 9.78 Å². The van der Waals surface area contributed by atoms with Crippen LogP contribution in [0.1, 0.15) is 5.56 Å². The maximum Gasteiger partial charge on any atom is 0.282 e. The zero-order valence-electron chi connectivity index (χ0n) is 13.2. The van der Waals surface area contributed by atoms with E-state index in [-0.39, 0.29) is 11.2 Å². The third-order valence-electron chi connectivity index (χ3n) is 3.44. The molecule has 0 N–H and O–H groups in total. The monoisotopic (exact) mass is 397 g/mol. The number of thioether (sulfide) groups is 2. The summed E-state index contributed by atoms with van der Waals surface area (Å²) in [6.45, 7) is 0. The van der Waals surface area contributed by atoms with Crippen LogP contribution in [0.2, 0.25) is 5.02 Å². The Hall–Kier alpha value is -2.04. The quantitative estimate of drug-likeness (QED) is 0.580. The molecule has 1 aromatic heterocycles. The van der Waals surface area contributed by atoms with Gasteiger partial charge in [-0.05, 0) is 11.6 Å². The Morgan fingerprint density at radius 3 is 2.84 bits per heavy atom. The highest BCUT2D eigenvalue weighted by Crippen LogP contribution is 2.37. The number of hydrogen-bond acceptors (Lipinski definition) is 8. The number of fused-ring (bicyclic) bond motifs is 1. The van der Waals surface area contributed by atoms with Crippen molar-refractivity contribution >= 4 is 50.9 Å². The molecule has 8 nitrogen and oxygen atoms in total. The van der Waals surface area contributed by atoms with Gasteiger partial charge in [0, 0.05) is 32.0 Å². The zero-order valence-corrected chi connectivity index (χ0v) is 15.6. The van der Waals surface area contributed by atoms with Gasteiger partial charge in [0.2, 0.25) is 0 Å². The predicted molar refractivity (Wildman–Crippen MR) is 101 cm³/mol. The second kappa shape index (κ2) is 7.06. The molecule has 0 saturated carbocycles. The number of non-ortho nitro benzene ring substituents is 1. The van der Waals surface area contributed by atoms with Crippen LogP contribution in [0.3, 0.4) is 0 Å². The molecule has 2 aromatic rings. The average Bonchev–Trinajstić information content (AvgIpc) is 2.57. The number of nitro groups is 1. The zero-order chi connectivity index (χ0) is 18.1. The van der Waals surface area contributed by atoms with Gasteiger partial charge in [-0.1, -0.05) is 35.1 Å². The second-order valence-corrected chi connectivity index (χ2v) is 7.73. The van der Waals surface area contributed by atoms with E-state index in [2.05, 4.69) is 10.2 Å². The maximum atomic E-state index is 12.2. The van der Waals surface area contributed by atoms with Crippen molar-refractivity contribution in [2.75, 3.05) is 12.1 Å². The summed E-state index contributed by atoms with van der Waals surface area (Å²) in [5.41, 5.74) is 1.19. The lowest BCUT2D eigenvalue weighted by atomic mass is 10.2. The predicted octanol–water partition coefficient (Wildman–Crippen LogP) is 3.09. The normalized spacial score (nSPS) is 13.4. The molecule has 25 heavy (non-hydrogen) atoms. The van der Waals surface area contributed by atoms with Crippen molar-refractivity contribution in [2.24, 2.45) is 12.1 Å². The summed E-state index contributed by atoms with van der Waals surface area (Å²) >= 11 is 8.80. The first-order chi connectivity index (χ1) is 11.9. The average molecular weight is 398 g/mol. The largest absolute Gasteiger partial charge is 0.282 e. The van der Waals surface area contributed by atoms with E-state index in [1.54, 1.807) is 31.4 Å². The molecule has 0 amide bonds. The first-order valence-electron chi connectivity index (χ1n) is 6.99. The summed E-state index contributed by atoms with van der Waals surface area (Å²) < 4.78 is 1.97. The summed E-state index contributed by atoms with van der Waals surface area (Å²) in [6, 6.07) is 4.37. The SMILES string of the molecule is CN1N=C(SCc2ccc([N+](=O)[O-])cc2Cl)Sc2c1cnn(C)c2=O. The Morgan fingerprint density at radius 2 is 2.16 bits per heavy atom. The molecule has 0 spiro atoms. The van der Waals surface area contributed by atoms with E-state index in [9.17, 15) is 14.9 Å². The lowest BCUT2D eigenvalue weighted by Crippen LogP contribution is -2.27. The van der Waals surface area contributed by atoms with E-state index in [4.69, 9.17) is 11.6 Å². The molecule has 2 heterocycles. The summed E-state index contributed by atoms with van der Waals surface area (Å²) in [4.78, 5) is 23.1. The molecule has 0 bridgehead atoms. The molecular weight excluding hydrogens is 386 g/mol. The van der Waals surface area contributed by atoms with Gasteiger partial charge in [-0.2, -0.15) is 10.2 Å². The first-order valence-corrected chi connectivity index (χ1v) is 9.17. The minimum atomic E-state index is -0.487. The third kappa shape index (κ3) is 3.65. The Labute approximate surface area is 156 Å². The van der Waals surface area contributed by atoms with Crippen molar-refractivity contribution < 1.29 is 4.92 Å². The molecular formula is C14H12ClN5O3S2. The van der Waals surface area contributed by atoms with Crippen molar-refractivity contribution in [3.63, 3.8) is 0 Å². The van der Waals surface area contributed by atoms with Gasteiger partial charge in [0.05, 0.1) is 21.8 Å². The molecule has 0 aliphatic carbocycles. The van der Waals surface area contributed by atoms with Gasteiger partial charge in [-0.25, -0.2) is 4.68 Å². The van der Waals surface area contributed by atoms with Crippen LogP contribution in [-0.2, 0) is 12.8 Å². The van der Waals surface area contributed by atoms with Crippen LogP contribution in [0.5, 0.6) is 0 Å². The second-order valence-electron chi connectivity index (χ2n) is 5.10. The number of aryl methyl sites for hydroxylation is 1. The number of halogens is 1. The van der Waals surface area contributed by atoms with Gasteiger partial charge in [0.15, 0.2) is 4.38 Å². The van der Waals surface area contributed by atoms with Crippen molar-refractivity contribution in [3.8, 4) is 0 Å². The van der Waals surface area contributed by atoms with Gasteiger partial charge < -0.3 is 0 Å². The fourth-order valence-corrected chi connectivity index (χ4v) is 4.63. The van der Waals surface area contributed by atoms with Gasteiger partial charge in [-0.3, -0.25) is 19.9 Å². The Balaban J connectivity index is 1.78. The molecule has 0 radical (unpaired) electrons. The summed E-state index contributed by atoms with van der Waals surface area (Å²) in [6.07, 6.45) is 1.60. The minimum Gasteiger partial charge on any atom is -0.266 e. The van der Waals surface area contributed by atoms with Crippen LogP contribution in [0.4, 0.5) is 11.4 Å². The molecule has 0 atom stereocenters. The number of aromatic nitrogens is 2. The van der Waals surface area contributed by atoms with E-state index in [0.717, 1.165) is 5.56 Å². The number of nitrogens with zero attached hydrogens (tertiary/aromatic N) is 5. The number of hydrogen-bond donors (Lipinski definition) is 0. The standard InChI is InChI=1S/C14H12ClN5O3S2/c1-18-11-6-16-19(2)13(21)12(11)25-14(17-18)24-7-8-3-4-9(20(22)23)5-10(8)15/h3-6H,7H2,1-2H3. The van der Waals surface area contributed by atoms with Gasteiger partial charge in [0.1, 0.15) is 4.90 Å². The summed E-state index contributed by atoms with van der Waals surface area (Å²) in [5, 5.41) is 21.1. The van der Waals surface area contributed by atoms with Crippen LogP contribution in [0.15, 0.2) is 39.2 Å². The Kier molecular flexibility index (Phi) is 5.02. The topological polar surface area (TPSA) is 93.6 Å². The molecule has 1 aliphatic rings. The lowest BCUT2D eigenvalue weighted by Gasteiger charge is -2.22. The van der Waals surface area contributed by atoms with Gasteiger partial charge in [0.25, 0.3) is 11.2 Å². The Morgan fingerprint density at radius 1 is 1.40 bits per heavy atom. The summed E-state index contributed by atoms with van der Waals surface area (Å²) in [5.74, 6) is 0.483. The number of anilines is 1. The molecule has 1 aliphatic heterocycles. The maximum absolute atomic E-state index is 12.2. The van der Waals surface area contributed by atoms with Gasteiger partial charge >= 0.3 is 0 Å². The van der Waals surface area contributed by atoms with E-state index in [1.165, 1.54) is 40.3 Å². The fourth-order valence-electron chi connectivity index (χ4n) is 2.08. The van der Waals surface area contributed by atoms with Crippen molar-refractivity contribution in [3.05, 3.63) is 55.5 Å². The molecule has 11 heteroatoms. The van der Waals surface area contributed by atoms with Crippen LogP contribution in [0.25, 0.3) is 0 Å². The van der Waals surface area contributed by atoms with Crippen molar-refractivity contribution in [1.29, 1.82) is 0 Å². The minimum absolute atomic E-state index is 0.0483.